The molecule has 1 aliphatic heterocycles. The Morgan fingerprint density at radius 2 is 1.72 bits per heavy atom. The number of hydrogen-bond donors (Lipinski definition) is 1. The maximum Gasteiger partial charge on any atom is 0.245 e. The number of anilines is 1. The van der Waals surface area contributed by atoms with Crippen molar-refractivity contribution >= 4 is 21.6 Å². The van der Waals surface area contributed by atoms with Crippen LogP contribution in [0.3, 0.4) is 0 Å². The molecule has 2 aromatic carbocycles. The van der Waals surface area contributed by atoms with Gasteiger partial charge in [-0.15, -0.1) is 0 Å². The molecule has 0 unspecified atom stereocenters. The van der Waals surface area contributed by atoms with Crippen LogP contribution >= 0.6 is 0 Å². The van der Waals surface area contributed by atoms with Crippen molar-refractivity contribution < 1.29 is 22.7 Å². The minimum atomic E-state index is -3.70. The molecule has 1 heterocycles. The molecule has 0 atom stereocenters. The number of nitrogens with one attached hydrogen (secondary N) is 1. The second kappa shape index (κ2) is 10.5. The third kappa shape index (κ3) is 6.31. The fraction of sp³-hybridized carbons (Fsp3) is 0.458. The van der Waals surface area contributed by atoms with E-state index in [-0.39, 0.29) is 22.6 Å². The Hall–Kier alpha value is -2.42. The maximum absolute atomic E-state index is 13.0. The van der Waals surface area contributed by atoms with E-state index in [2.05, 4.69) is 26.1 Å². The first kappa shape index (κ1) is 24.2. The highest BCUT2D eigenvalue weighted by atomic mass is 32.2. The minimum absolute atomic E-state index is 0.0855. The quantitative estimate of drug-likeness (QED) is 0.606. The van der Waals surface area contributed by atoms with Gasteiger partial charge in [0.1, 0.15) is 10.6 Å². The number of ether oxygens (including phenoxy) is 2. The van der Waals surface area contributed by atoms with Gasteiger partial charge in [-0.25, -0.2) is 8.42 Å². The van der Waals surface area contributed by atoms with Crippen molar-refractivity contribution in [3.05, 3.63) is 54.1 Å². The van der Waals surface area contributed by atoms with Crippen molar-refractivity contribution in [3.63, 3.8) is 0 Å². The summed E-state index contributed by atoms with van der Waals surface area (Å²) in [5.74, 6) is 0.515. The van der Waals surface area contributed by atoms with E-state index in [1.807, 2.05) is 24.3 Å². The van der Waals surface area contributed by atoms with Crippen LogP contribution in [0, 0.1) is 0 Å². The summed E-state index contributed by atoms with van der Waals surface area (Å²) in [6.07, 6.45) is 0.747. The van der Waals surface area contributed by atoms with Crippen LogP contribution in [0.1, 0.15) is 39.2 Å². The number of sulfonamides is 1. The highest BCUT2D eigenvalue weighted by Gasteiger charge is 2.28. The Balaban J connectivity index is 1.52. The zero-order chi connectivity index (χ0) is 23.2. The van der Waals surface area contributed by atoms with Crippen LogP contribution in [0.25, 0.3) is 0 Å². The number of hydrogen-bond acceptors (Lipinski definition) is 5. The zero-order valence-electron chi connectivity index (χ0n) is 19.0. The number of rotatable bonds is 8. The highest BCUT2D eigenvalue weighted by Crippen LogP contribution is 2.26. The first-order chi connectivity index (χ1) is 15.2. The van der Waals surface area contributed by atoms with Gasteiger partial charge >= 0.3 is 0 Å². The average molecular weight is 461 g/mol. The van der Waals surface area contributed by atoms with Gasteiger partial charge in [0.25, 0.3) is 0 Å². The monoisotopic (exact) mass is 460 g/mol. The van der Waals surface area contributed by atoms with E-state index >= 15 is 0 Å². The molecule has 3 rings (SSSR count). The van der Waals surface area contributed by atoms with Gasteiger partial charge in [-0.3, -0.25) is 4.79 Å². The van der Waals surface area contributed by atoms with Crippen LogP contribution < -0.4 is 10.1 Å². The van der Waals surface area contributed by atoms with Crippen molar-refractivity contribution in [2.75, 3.05) is 38.2 Å². The maximum atomic E-state index is 13.0. The van der Waals surface area contributed by atoms with Crippen LogP contribution in [-0.2, 0) is 25.0 Å². The first-order valence-electron chi connectivity index (χ1n) is 10.9. The van der Waals surface area contributed by atoms with Gasteiger partial charge in [0.15, 0.2) is 0 Å². The zero-order valence-corrected chi connectivity index (χ0v) is 19.8. The van der Waals surface area contributed by atoms with Crippen LogP contribution in [-0.4, -0.2) is 51.5 Å². The summed E-state index contributed by atoms with van der Waals surface area (Å²) in [5.41, 5.74) is 1.61. The van der Waals surface area contributed by atoms with Crippen molar-refractivity contribution in [1.82, 2.24) is 4.31 Å². The van der Waals surface area contributed by atoms with Gasteiger partial charge in [-0.1, -0.05) is 45.0 Å². The highest BCUT2D eigenvalue weighted by molar-refractivity contribution is 7.89. The summed E-state index contributed by atoms with van der Waals surface area (Å²) in [7, 11) is -3.70. The van der Waals surface area contributed by atoms with Gasteiger partial charge in [0.2, 0.25) is 15.9 Å². The molecular weight excluding hydrogens is 428 g/mol. The predicted octanol–water partition coefficient (Wildman–Crippen LogP) is 3.80. The molecular formula is C24H32N2O5S. The molecule has 1 amide bonds. The number of benzene rings is 2. The second-order valence-electron chi connectivity index (χ2n) is 8.79. The topological polar surface area (TPSA) is 84.9 Å². The van der Waals surface area contributed by atoms with E-state index in [0.717, 1.165) is 5.75 Å². The van der Waals surface area contributed by atoms with Crippen LogP contribution in [0.4, 0.5) is 5.69 Å². The van der Waals surface area contributed by atoms with Crippen molar-refractivity contribution in [3.8, 4) is 5.75 Å². The molecule has 8 heteroatoms. The summed E-state index contributed by atoms with van der Waals surface area (Å²) in [4.78, 5) is 12.5. The molecule has 1 fully saturated rings. The van der Waals surface area contributed by atoms with Crippen molar-refractivity contribution in [2.24, 2.45) is 0 Å². The number of carbonyl (C=O) groups is 1. The molecule has 1 saturated heterocycles. The van der Waals surface area contributed by atoms with Gasteiger partial charge < -0.3 is 14.8 Å². The second-order valence-corrected chi connectivity index (χ2v) is 10.7. The van der Waals surface area contributed by atoms with E-state index in [0.29, 0.717) is 45.0 Å². The fourth-order valence-corrected chi connectivity index (χ4v) is 4.96. The van der Waals surface area contributed by atoms with E-state index in [9.17, 15) is 13.2 Å². The lowest BCUT2D eigenvalue weighted by molar-refractivity contribution is -0.116. The number of nitrogens with zero attached hydrogens (tertiary/aromatic N) is 1. The third-order valence-electron chi connectivity index (χ3n) is 5.29. The molecule has 0 spiro atoms. The molecule has 2 aromatic rings. The summed E-state index contributed by atoms with van der Waals surface area (Å²) in [5, 5.41) is 2.75. The Kier molecular flexibility index (Phi) is 7.92. The molecule has 0 radical (unpaired) electrons. The lowest BCUT2D eigenvalue weighted by atomic mass is 9.87. The molecule has 0 bridgehead atoms. The SMILES string of the molecule is CC(C)(C)c1ccc(OCCCC(=O)Nc2ccccc2S(=O)(=O)N2CCOCC2)cc1. The molecule has 0 saturated carbocycles. The minimum Gasteiger partial charge on any atom is -0.494 e. The van der Waals surface area contributed by atoms with E-state index < -0.39 is 10.0 Å². The van der Waals surface area contributed by atoms with Crippen molar-refractivity contribution in [1.29, 1.82) is 0 Å². The molecule has 1 aliphatic rings. The summed E-state index contributed by atoms with van der Waals surface area (Å²) in [6.45, 7) is 8.22. The summed E-state index contributed by atoms with van der Waals surface area (Å²) in [6, 6.07) is 14.5. The lowest BCUT2D eigenvalue weighted by Gasteiger charge is -2.26. The standard InChI is InChI=1S/C24H32N2O5S/c1-24(2,3)19-10-12-20(13-11-19)31-16-6-9-23(27)25-21-7-4-5-8-22(21)32(28,29)26-14-17-30-18-15-26/h4-5,7-8,10-13H,6,9,14-18H2,1-3H3,(H,25,27). The molecule has 7 nitrogen and oxygen atoms in total. The van der Waals surface area contributed by atoms with Gasteiger partial charge in [0.05, 0.1) is 25.5 Å². The lowest BCUT2D eigenvalue weighted by Crippen LogP contribution is -2.40. The smallest absolute Gasteiger partial charge is 0.245 e. The third-order valence-corrected chi connectivity index (χ3v) is 7.24. The van der Waals surface area contributed by atoms with Gasteiger partial charge in [0, 0.05) is 19.5 Å². The number of amides is 1. The van der Waals surface area contributed by atoms with Gasteiger partial charge in [-0.2, -0.15) is 4.31 Å². The summed E-state index contributed by atoms with van der Waals surface area (Å²) >= 11 is 0. The first-order valence-corrected chi connectivity index (χ1v) is 12.3. The van der Waals surface area contributed by atoms with Gasteiger partial charge in [-0.05, 0) is 41.7 Å². The van der Waals surface area contributed by atoms with E-state index in [1.54, 1.807) is 18.2 Å². The van der Waals surface area contributed by atoms with E-state index in [4.69, 9.17) is 9.47 Å². The van der Waals surface area contributed by atoms with E-state index in [1.165, 1.54) is 15.9 Å². The molecule has 174 valence electrons. The number of morpholine rings is 1. The van der Waals surface area contributed by atoms with Crippen LogP contribution in [0.5, 0.6) is 5.75 Å². The number of para-hydroxylation sites is 1. The Labute approximate surface area is 190 Å². The molecule has 32 heavy (non-hydrogen) atoms. The molecule has 0 aromatic heterocycles. The number of carbonyl (C=O) groups excluding carboxylic acids is 1. The molecule has 0 aliphatic carbocycles. The van der Waals surface area contributed by atoms with Crippen molar-refractivity contribution in [2.45, 2.75) is 43.9 Å². The fourth-order valence-electron chi connectivity index (χ4n) is 3.41. The molecule has 1 N–H and O–H groups in total. The Morgan fingerprint density at radius 1 is 1.06 bits per heavy atom. The predicted molar refractivity (Wildman–Crippen MR) is 125 cm³/mol. The summed E-state index contributed by atoms with van der Waals surface area (Å²) < 4.78 is 38.4. The Morgan fingerprint density at radius 3 is 2.38 bits per heavy atom. The van der Waals surface area contributed by atoms with Crippen LogP contribution in [0.2, 0.25) is 0 Å². The largest absolute Gasteiger partial charge is 0.494 e. The average Bonchev–Trinajstić information content (AvgIpc) is 2.77. The van der Waals surface area contributed by atoms with Crippen LogP contribution in [0.15, 0.2) is 53.4 Å². The Bertz CT molecular complexity index is 1010. The normalized spacial score (nSPS) is 15.3.